The van der Waals surface area contributed by atoms with E-state index < -0.39 is 11.9 Å². The highest BCUT2D eigenvalue weighted by Crippen LogP contribution is 2.27. The Balaban J connectivity index is 1.45. The first kappa shape index (κ1) is 20.3. The number of nitrogens with zero attached hydrogens (tertiary/aromatic N) is 8. The summed E-state index contributed by atoms with van der Waals surface area (Å²) in [5.74, 6) is -0.258. The van der Waals surface area contributed by atoms with Crippen molar-refractivity contribution in [2.75, 3.05) is 13.1 Å². The SMILES string of the molecule is Cn1nnc(-c2ccc(OCc3cnn(C4CCN(C(=O)O)CC4)c3C#N)c(F)c2)n1. The number of hydrogen-bond donors (Lipinski definition) is 1. The van der Waals surface area contributed by atoms with E-state index >= 15 is 0 Å². The van der Waals surface area contributed by atoms with Gasteiger partial charge in [-0.15, -0.1) is 10.2 Å². The molecule has 160 valence electrons. The van der Waals surface area contributed by atoms with Crippen LogP contribution in [0.1, 0.15) is 30.1 Å². The molecule has 4 rings (SSSR count). The zero-order valence-electron chi connectivity index (χ0n) is 16.6. The molecule has 11 nitrogen and oxygen atoms in total. The number of aryl methyl sites for hydroxylation is 1. The summed E-state index contributed by atoms with van der Waals surface area (Å²) in [6, 6.07) is 6.41. The van der Waals surface area contributed by atoms with Gasteiger partial charge in [0, 0.05) is 24.2 Å². The molecule has 1 aliphatic rings. The highest BCUT2D eigenvalue weighted by Gasteiger charge is 2.26. The van der Waals surface area contributed by atoms with Crippen molar-refractivity contribution in [3.8, 4) is 23.2 Å². The lowest BCUT2D eigenvalue weighted by Gasteiger charge is -2.30. The summed E-state index contributed by atoms with van der Waals surface area (Å²) in [7, 11) is 1.62. The number of carbonyl (C=O) groups is 1. The summed E-state index contributed by atoms with van der Waals surface area (Å²) in [5, 5.41) is 34.6. The molecular weight excluding hydrogens is 407 g/mol. The van der Waals surface area contributed by atoms with Gasteiger partial charge >= 0.3 is 6.09 Å². The van der Waals surface area contributed by atoms with Crippen LogP contribution in [0, 0.1) is 17.1 Å². The van der Waals surface area contributed by atoms with Crippen LogP contribution < -0.4 is 4.74 Å². The Morgan fingerprint density at radius 2 is 2.16 bits per heavy atom. The van der Waals surface area contributed by atoms with Gasteiger partial charge in [-0.3, -0.25) is 4.68 Å². The van der Waals surface area contributed by atoms with Gasteiger partial charge in [0.25, 0.3) is 0 Å². The Hall–Kier alpha value is -4.01. The van der Waals surface area contributed by atoms with E-state index in [9.17, 15) is 14.4 Å². The second-order valence-corrected chi connectivity index (χ2v) is 7.11. The summed E-state index contributed by atoms with van der Waals surface area (Å²) in [6.07, 6.45) is 1.71. The molecule has 0 atom stereocenters. The molecule has 0 spiro atoms. The molecule has 1 N–H and O–H groups in total. The molecule has 1 aliphatic heterocycles. The fourth-order valence-corrected chi connectivity index (χ4v) is 3.52. The highest BCUT2D eigenvalue weighted by molar-refractivity contribution is 5.65. The third-order valence-corrected chi connectivity index (χ3v) is 5.14. The van der Waals surface area contributed by atoms with Gasteiger partial charge in [-0.25, -0.2) is 9.18 Å². The molecule has 0 radical (unpaired) electrons. The Bertz CT molecular complexity index is 1140. The first-order chi connectivity index (χ1) is 15.0. The van der Waals surface area contributed by atoms with Crippen molar-refractivity contribution in [3.05, 3.63) is 41.5 Å². The Kier molecular flexibility index (Phi) is 5.48. The second kappa shape index (κ2) is 8.39. The van der Waals surface area contributed by atoms with Crippen molar-refractivity contribution < 1.29 is 19.0 Å². The number of hydrogen-bond acceptors (Lipinski definition) is 7. The first-order valence-electron chi connectivity index (χ1n) is 9.57. The quantitative estimate of drug-likeness (QED) is 0.654. The van der Waals surface area contributed by atoms with E-state index in [0.29, 0.717) is 48.6 Å². The Morgan fingerprint density at radius 1 is 1.39 bits per heavy atom. The number of benzene rings is 1. The van der Waals surface area contributed by atoms with Gasteiger partial charge in [0.2, 0.25) is 5.82 Å². The van der Waals surface area contributed by atoms with E-state index in [4.69, 9.17) is 9.84 Å². The van der Waals surface area contributed by atoms with Crippen LogP contribution in [-0.4, -0.2) is 59.2 Å². The van der Waals surface area contributed by atoms with Crippen molar-refractivity contribution in [2.45, 2.75) is 25.5 Å². The fourth-order valence-electron chi connectivity index (χ4n) is 3.52. The van der Waals surface area contributed by atoms with E-state index in [2.05, 4.69) is 26.6 Å². The molecule has 3 heterocycles. The predicted molar refractivity (Wildman–Crippen MR) is 103 cm³/mol. The van der Waals surface area contributed by atoms with E-state index in [1.54, 1.807) is 17.8 Å². The maximum atomic E-state index is 14.5. The molecular formula is C19H19FN8O3. The minimum absolute atomic E-state index is 0.0269. The van der Waals surface area contributed by atoms with Gasteiger partial charge in [0.1, 0.15) is 18.4 Å². The van der Waals surface area contributed by atoms with Crippen LogP contribution in [-0.2, 0) is 13.7 Å². The summed E-state index contributed by atoms with van der Waals surface area (Å²) in [5.41, 5.74) is 1.33. The Morgan fingerprint density at radius 3 is 2.77 bits per heavy atom. The maximum Gasteiger partial charge on any atom is 0.407 e. The number of amides is 1. The Labute approximate surface area is 176 Å². The lowest BCUT2D eigenvalue weighted by molar-refractivity contribution is 0.123. The third-order valence-electron chi connectivity index (χ3n) is 5.14. The number of likely N-dealkylation sites (tertiary alicyclic amines) is 1. The number of piperidine rings is 1. The van der Waals surface area contributed by atoms with Crippen molar-refractivity contribution in [2.24, 2.45) is 7.05 Å². The van der Waals surface area contributed by atoms with Crippen molar-refractivity contribution in [3.63, 3.8) is 0 Å². The second-order valence-electron chi connectivity index (χ2n) is 7.11. The van der Waals surface area contributed by atoms with Crippen LogP contribution >= 0.6 is 0 Å². The first-order valence-corrected chi connectivity index (χ1v) is 9.57. The molecule has 3 aromatic rings. The third kappa shape index (κ3) is 4.16. The summed E-state index contributed by atoms with van der Waals surface area (Å²) >= 11 is 0. The van der Waals surface area contributed by atoms with Gasteiger partial charge in [0.05, 0.1) is 19.3 Å². The van der Waals surface area contributed by atoms with E-state index in [0.717, 1.165) is 0 Å². The number of tetrazole rings is 1. The number of halogens is 1. The molecule has 12 heteroatoms. The van der Waals surface area contributed by atoms with Crippen LogP contribution in [0.3, 0.4) is 0 Å². The van der Waals surface area contributed by atoms with E-state index in [1.807, 2.05) is 0 Å². The van der Waals surface area contributed by atoms with Crippen molar-refractivity contribution in [1.82, 2.24) is 34.9 Å². The summed E-state index contributed by atoms with van der Waals surface area (Å²) in [6.45, 7) is 0.736. The summed E-state index contributed by atoms with van der Waals surface area (Å²) in [4.78, 5) is 13.7. The largest absolute Gasteiger partial charge is 0.486 e. The van der Waals surface area contributed by atoms with Gasteiger partial charge in [-0.05, 0) is 36.3 Å². The average molecular weight is 426 g/mol. The standard InChI is InChI=1S/C19H19FN8O3/c1-26-24-18(23-25-26)12-2-3-17(15(20)8-12)31-11-13-10-22-28(16(13)9-21)14-4-6-27(7-5-14)19(29)30/h2-3,8,10,14H,4-7,11H2,1H3,(H,29,30). The number of aromatic nitrogens is 6. The molecule has 1 fully saturated rings. The van der Waals surface area contributed by atoms with Crippen LogP contribution in [0.2, 0.25) is 0 Å². The molecule has 0 bridgehead atoms. The number of carboxylic acid groups (broad SMARTS) is 1. The molecule has 0 saturated carbocycles. The van der Waals surface area contributed by atoms with Gasteiger partial charge in [0.15, 0.2) is 11.6 Å². The monoisotopic (exact) mass is 426 g/mol. The molecule has 0 unspecified atom stereocenters. The highest BCUT2D eigenvalue weighted by atomic mass is 19.1. The molecule has 31 heavy (non-hydrogen) atoms. The van der Waals surface area contributed by atoms with Crippen molar-refractivity contribution in [1.29, 1.82) is 5.26 Å². The van der Waals surface area contributed by atoms with Crippen LogP contribution in [0.5, 0.6) is 5.75 Å². The smallest absolute Gasteiger partial charge is 0.407 e. The maximum absolute atomic E-state index is 14.5. The molecule has 0 aliphatic carbocycles. The van der Waals surface area contributed by atoms with Crippen LogP contribution in [0.4, 0.5) is 9.18 Å². The minimum atomic E-state index is -0.948. The summed E-state index contributed by atoms with van der Waals surface area (Å²) < 4.78 is 21.7. The lowest BCUT2D eigenvalue weighted by atomic mass is 10.1. The van der Waals surface area contributed by atoms with Crippen molar-refractivity contribution >= 4 is 6.09 Å². The number of nitriles is 1. The topological polar surface area (TPSA) is 135 Å². The number of rotatable bonds is 5. The predicted octanol–water partition coefficient (Wildman–Crippen LogP) is 1.98. The van der Waals surface area contributed by atoms with E-state index in [-0.39, 0.29) is 18.4 Å². The molecule has 1 saturated heterocycles. The molecule has 1 amide bonds. The van der Waals surface area contributed by atoms with Gasteiger partial charge < -0.3 is 14.7 Å². The van der Waals surface area contributed by atoms with Crippen LogP contribution in [0.25, 0.3) is 11.4 Å². The molecule has 2 aromatic heterocycles. The fraction of sp³-hybridized carbons (Fsp3) is 0.368. The lowest BCUT2D eigenvalue weighted by Crippen LogP contribution is -2.38. The normalized spacial score (nSPS) is 14.4. The van der Waals surface area contributed by atoms with E-state index in [1.165, 1.54) is 28.0 Å². The minimum Gasteiger partial charge on any atom is -0.486 e. The molecule has 1 aromatic carbocycles. The zero-order valence-corrected chi connectivity index (χ0v) is 16.6. The average Bonchev–Trinajstić information content (AvgIpc) is 3.38. The van der Waals surface area contributed by atoms with Gasteiger partial charge in [-0.1, -0.05) is 0 Å². The van der Waals surface area contributed by atoms with Crippen LogP contribution in [0.15, 0.2) is 24.4 Å². The van der Waals surface area contributed by atoms with Gasteiger partial charge in [-0.2, -0.15) is 15.2 Å². The number of ether oxygens (including phenoxy) is 1. The zero-order chi connectivity index (χ0) is 22.0.